The van der Waals surface area contributed by atoms with E-state index in [1.165, 1.54) is 6.07 Å². The summed E-state index contributed by atoms with van der Waals surface area (Å²) in [5.41, 5.74) is 5.17. The van der Waals surface area contributed by atoms with Crippen molar-refractivity contribution in [3.63, 3.8) is 0 Å². The Hall–Kier alpha value is -2.22. The highest BCUT2D eigenvalue weighted by atomic mass is 19.4. The van der Waals surface area contributed by atoms with E-state index in [-0.39, 0.29) is 10.8 Å². The number of carbonyl (C=O) groups excluding carboxylic acids is 1. The predicted molar refractivity (Wildman–Crippen MR) is 62.8 cm³/mol. The van der Waals surface area contributed by atoms with E-state index in [0.717, 1.165) is 0 Å². The van der Waals surface area contributed by atoms with Gasteiger partial charge >= 0.3 is 12.2 Å². The third-order valence-corrected chi connectivity index (χ3v) is 2.72. The Kier molecular flexibility index (Phi) is 3.58. The van der Waals surface area contributed by atoms with Crippen molar-refractivity contribution in [3.05, 3.63) is 36.1 Å². The van der Waals surface area contributed by atoms with E-state index < -0.39 is 24.7 Å². The van der Waals surface area contributed by atoms with Crippen LogP contribution < -0.4 is 5.73 Å². The number of amides is 2. The van der Waals surface area contributed by atoms with Gasteiger partial charge in [0.2, 0.25) is 0 Å². The van der Waals surface area contributed by atoms with Crippen molar-refractivity contribution in [1.29, 1.82) is 0 Å². The Bertz CT molecular complexity index is 591. The topological polar surface area (TPSA) is 79.7 Å². The second-order valence-corrected chi connectivity index (χ2v) is 4.20. The molecule has 0 spiro atoms. The van der Waals surface area contributed by atoms with E-state index in [4.69, 9.17) is 10.2 Å². The number of nitrogens with two attached hydrogens (primary N) is 1. The van der Waals surface area contributed by atoms with Gasteiger partial charge in [-0.1, -0.05) is 18.2 Å². The number of urea groups is 1. The number of hydrogen-bond acceptors (Lipinski definition) is 3. The van der Waals surface area contributed by atoms with Crippen molar-refractivity contribution in [1.82, 2.24) is 5.06 Å². The van der Waals surface area contributed by atoms with Crippen molar-refractivity contribution in [2.45, 2.75) is 18.6 Å². The maximum absolute atomic E-state index is 12.5. The lowest BCUT2D eigenvalue weighted by molar-refractivity contribution is -0.174. The summed E-state index contributed by atoms with van der Waals surface area (Å²) in [6.07, 6.45) is -6.06. The quantitative estimate of drug-likeness (QED) is 0.672. The Morgan fingerprint density at radius 2 is 2.05 bits per heavy atom. The number of para-hydroxylation sites is 1. The molecule has 0 saturated carbocycles. The molecule has 2 aromatic rings. The first kappa shape index (κ1) is 14.2. The lowest BCUT2D eigenvalue weighted by Gasteiger charge is -2.23. The van der Waals surface area contributed by atoms with Gasteiger partial charge in [-0.25, -0.2) is 4.79 Å². The first-order chi connectivity index (χ1) is 9.28. The van der Waals surface area contributed by atoms with Crippen molar-refractivity contribution >= 4 is 17.0 Å². The molecule has 1 atom stereocenters. The van der Waals surface area contributed by atoms with Crippen LogP contribution in [0.3, 0.4) is 0 Å². The first-order valence-corrected chi connectivity index (χ1v) is 5.60. The van der Waals surface area contributed by atoms with Gasteiger partial charge in [0.25, 0.3) is 0 Å². The number of nitrogens with zero attached hydrogens (tertiary/aromatic N) is 1. The number of benzene rings is 1. The largest absolute Gasteiger partial charge is 0.459 e. The standard InChI is InChI=1S/C12H11F3N2O3/c13-12(14,15)6-8(17(19)11(16)18)10-5-7-3-1-2-4-9(7)20-10/h1-5,8,19H,6H2,(H2,16,18). The third kappa shape index (κ3) is 3.02. The Labute approximate surface area is 111 Å². The van der Waals surface area contributed by atoms with Gasteiger partial charge in [0.1, 0.15) is 17.4 Å². The normalized spacial score (nSPS) is 13.4. The van der Waals surface area contributed by atoms with E-state index in [9.17, 15) is 23.2 Å². The highest BCUT2D eigenvalue weighted by molar-refractivity contribution is 5.78. The van der Waals surface area contributed by atoms with Crippen LogP contribution in [0.25, 0.3) is 11.0 Å². The zero-order chi connectivity index (χ0) is 14.9. The molecule has 2 amide bonds. The monoisotopic (exact) mass is 288 g/mol. The summed E-state index contributed by atoms with van der Waals surface area (Å²) in [4.78, 5) is 10.9. The molecule has 0 aliphatic rings. The van der Waals surface area contributed by atoms with Crippen molar-refractivity contribution in [3.8, 4) is 0 Å². The highest BCUT2D eigenvalue weighted by Crippen LogP contribution is 2.35. The van der Waals surface area contributed by atoms with Crippen molar-refractivity contribution in [2.24, 2.45) is 5.73 Å². The van der Waals surface area contributed by atoms with E-state index >= 15 is 0 Å². The van der Waals surface area contributed by atoms with Gasteiger partial charge in [-0.2, -0.15) is 18.2 Å². The smallest absolute Gasteiger partial charge is 0.391 e. The molecule has 20 heavy (non-hydrogen) atoms. The number of hydrogen-bond donors (Lipinski definition) is 2. The summed E-state index contributed by atoms with van der Waals surface area (Å²) in [6.45, 7) is 0. The van der Waals surface area contributed by atoms with Crippen LogP contribution in [0, 0.1) is 0 Å². The molecule has 108 valence electrons. The minimum Gasteiger partial charge on any atom is -0.459 e. The summed E-state index contributed by atoms with van der Waals surface area (Å²) in [6, 6.07) is 4.76. The summed E-state index contributed by atoms with van der Waals surface area (Å²) >= 11 is 0. The molecule has 5 nitrogen and oxygen atoms in total. The molecule has 0 aliphatic carbocycles. The fraction of sp³-hybridized carbons (Fsp3) is 0.250. The van der Waals surface area contributed by atoms with E-state index in [1.807, 2.05) is 0 Å². The predicted octanol–water partition coefficient (Wildman–Crippen LogP) is 3.20. The summed E-state index contributed by atoms with van der Waals surface area (Å²) < 4.78 is 42.9. The molecule has 1 aromatic carbocycles. The van der Waals surface area contributed by atoms with Crippen LogP contribution >= 0.6 is 0 Å². The van der Waals surface area contributed by atoms with Gasteiger partial charge in [0, 0.05) is 5.39 Å². The van der Waals surface area contributed by atoms with Crippen LogP contribution in [0.1, 0.15) is 18.2 Å². The van der Waals surface area contributed by atoms with Gasteiger partial charge < -0.3 is 10.2 Å². The van der Waals surface area contributed by atoms with Gasteiger partial charge in [-0.05, 0) is 12.1 Å². The van der Waals surface area contributed by atoms with E-state index in [0.29, 0.717) is 11.0 Å². The Morgan fingerprint density at radius 1 is 1.40 bits per heavy atom. The van der Waals surface area contributed by atoms with Crippen molar-refractivity contribution < 1.29 is 27.6 Å². The maximum atomic E-state index is 12.5. The molecule has 3 N–H and O–H groups in total. The number of fused-ring (bicyclic) bond motifs is 1. The number of alkyl halides is 3. The first-order valence-electron chi connectivity index (χ1n) is 5.60. The minimum atomic E-state index is -4.60. The fourth-order valence-electron chi connectivity index (χ4n) is 1.85. The van der Waals surface area contributed by atoms with Crippen LogP contribution in [0.15, 0.2) is 34.7 Å². The molecule has 0 radical (unpaired) electrons. The third-order valence-electron chi connectivity index (χ3n) is 2.72. The van der Waals surface area contributed by atoms with Crippen LogP contribution in [-0.2, 0) is 0 Å². The molecule has 0 aliphatic heterocycles. The number of carbonyl (C=O) groups is 1. The molecule has 0 saturated heterocycles. The molecule has 0 fully saturated rings. The molecule has 2 rings (SSSR count). The zero-order valence-corrected chi connectivity index (χ0v) is 10.1. The second-order valence-electron chi connectivity index (χ2n) is 4.20. The van der Waals surface area contributed by atoms with Crippen molar-refractivity contribution in [2.75, 3.05) is 0 Å². The Balaban J connectivity index is 2.41. The van der Waals surface area contributed by atoms with Crippen LogP contribution in [-0.4, -0.2) is 22.5 Å². The molecular formula is C12H11F3N2O3. The lowest BCUT2D eigenvalue weighted by Crippen LogP contribution is -2.38. The molecule has 0 bridgehead atoms. The van der Waals surface area contributed by atoms with E-state index in [1.54, 1.807) is 24.3 Å². The summed E-state index contributed by atoms with van der Waals surface area (Å²) in [7, 11) is 0. The average molecular weight is 288 g/mol. The average Bonchev–Trinajstić information content (AvgIpc) is 2.77. The molecule has 1 aromatic heterocycles. The highest BCUT2D eigenvalue weighted by Gasteiger charge is 2.38. The molecule has 8 heteroatoms. The van der Waals surface area contributed by atoms with Crippen LogP contribution in [0.4, 0.5) is 18.0 Å². The minimum absolute atomic E-state index is 0.175. The summed E-state index contributed by atoms with van der Waals surface area (Å²) in [5.74, 6) is -0.190. The van der Waals surface area contributed by atoms with Gasteiger partial charge in [0.05, 0.1) is 6.42 Å². The number of halogens is 3. The SMILES string of the molecule is NC(=O)N(O)C(CC(F)(F)F)c1cc2ccccc2o1. The number of furan rings is 1. The maximum Gasteiger partial charge on any atom is 0.391 e. The number of hydroxylamine groups is 2. The summed E-state index contributed by atoms with van der Waals surface area (Å²) in [5, 5.41) is 9.81. The molecular weight excluding hydrogens is 277 g/mol. The van der Waals surface area contributed by atoms with Gasteiger partial charge in [-0.3, -0.25) is 5.21 Å². The van der Waals surface area contributed by atoms with Gasteiger partial charge in [0.15, 0.2) is 0 Å². The van der Waals surface area contributed by atoms with Gasteiger partial charge in [-0.15, -0.1) is 0 Å². The molecule has 1 heterocycles. The fourth-order valence-corrected chi connectivity index (χ4v) is 1.85. The number of rotatable bonds is 3. The van der Waals surface area contributed by atoms with E-state index in [2.05, 4.69) is 0 Å². The van der Waals surface area contributed by atoms with Crippen LogP contribution in [0.5, 0.6) is 0 Å². The lowest BCUT2D eigenvalue weighted by atomic mass is 10.1. The molecule has 1 unspecified atom stereocenters. The second kappa shape index (κ2) is 5.04. The zero-order valence-electron chi connectivity index (χ0n) is 10.1. The Morgan fingerprint density at radius 3 is 2.60 bits per heavy atom. The number of primary amides is 1. The van der Waals surface area contributed by atoms with Crippen LogP contribution in [0.2, 0.25) is 0 Å².